The Hall–Kier alpha value is -3.29. The lowest BCUT2D eigenvalue weighted by atomic mass is 9.95. The van der Waals surface area contributed by atoms with E-state index in [1.165, 1.54) is 0 Å². The topological polar surface area (TPSA) is 105 Å². The Bertz CT molecular complexity index is 1170. The Labute approximate surface area is 178 Å². The molecule has 3 rings (SSSR count). The molecule has 0 amide bonds. The molecule has 0 saturated carbocycles. The van der Waals surface area contributed by atoms with E-state index in [0.29, 0.717) is 40.5 Å². The molecule has 7 heteroatoms. The zero-order valence-electron chi connectivity index (χ0n) is 16.6. The van der Waals surface area contributed by atoms with Gasteiger partial charge >= 0.3 is 0 Å². The summed E-state index contributed by atoms with van der Waals surface area (Å²) in [5, 5.41) is 19.2. The van der Waals surface area contributed by atoms with Gasteiger partial charge in [-0.1, -0.05) is 15.9 Å². The normalized spacial score (nSPS) is 13.8. The summed E-state index contributed by atoms with van der Waals surface area (Å²) in [7, 11) is 1.59. The van der Waals surface area contributed by atoms with E-state index in [-0.39, 0.29) is 5.82 Å². The molecule has 2 N–H and O–H groups in total. The molecule has 1 aromatic heterocycles. The SMILES string of the molecule is CCOc1cc(Br)c(C=C2C(C)=C(C#N)c3nc(N)c(C#N)c(C)c32)cc1OC. The minimum atomic E-state index is 0.134. The number of halogens is 1. The number of aromatic nitrogens is 1. The Kier molecular flexibility index (Phi) is 5.63. The molecule has 0 atom stereocenters. The zero-order valence-corrected chi connectivity index (χ0v) is 18.1. The number of ether oxygens (including phenoxy) is 2. The van der Waals surface area contributed by atoms with Crippen molar-refractivity contribution < 1.29 is 9.47 Å². The van der Waals surface area contributed by atoms with Gasteiger partial charge in [-0.15, -0.1) is 0 Å². The second-order valence-electron chi connectivity index (χ2n) is 6.46. The lowest BCUT2D eigenvalue weighted by Gasteiger charge is -2.13. The third-order valence-corrected chi connectivity index (χ3v) is 5.55. The van der Waals surface area contributed by atoms with Crippen LogP contribution in [-0.2, 0) is 0 Å². The second kappa shape index (κ2) is 7.98. The van der Waals surface area contributed by atoms with Crippen LogP contribution in [0.25, 0.3) is 17.2 Å². The Morgan fingerprint density at radius 3 is 2.52 bits per heavy atom. The van der Waals surface area contributed by atoms with Crippen LogP contribution in [0.1, 0.15) is 41.8 Å². The third-order valence-electron chi connectivity index (χ3n) is 4.87. The van der Waals surface area contributed by atoms with Gasteiger partial charge < -0.3 is 15.2 Å². The lowest BCUT2D eigenvalue weighted by molar-refractivity contribution is 0.310. The van der Waals surface area contributed by atoms with E-state index >= 15 is 0 Å². The van der Waals surface area contributed by atoms with Gasteiger partial charge in [0.05, 0.1) is 30.5 Å². The summed E-state index contributed by atoms with van der Waals surface area (Å²) in [5.41, 5.74) is 11.2. The highest BCUT2D eigenvalue weighted by Gasteiger charge is 2.29. The number of pyridine rings is 1. The molecule has 0 fully saturated rings. The number of benzene rings is 1. The largest absolute Gasteiger partial charge is 0.493 e. The van der Waals surface area contributed by atoms with Gasteiger partial charge in [0.25, 0.3) is 0 Å². The van der Waals surface area contributed by atoms with Crippen molar-refractivity contribution >= 4 is 39.0 Å². The van der Waals surface area contributed by atoms with E-state index in [1.807, 2.05) is 39.0 Å². The van der Waals surface area contributed by atoms with Crippen LogP contribution >= 0.6 is 15.9 Å². The average Bonchev–Trinajstić information content (AvgIpc) is 2.95. The first kappa shape index (κ1) is 20.4. The van der Waals surface area contributed by atoms with Crippen molar-refractivity contribution in [1.82, 2.24) is 4.98 Å². The van der Waals surface area contributed by atoms with Crippen LogP contribution in [0, 0.1) is 29.6 Å². The Balaban J connectivity index is 2.29. The van der Waals surface area contributed by atoms with E-state index in [2.05, 4.69) is 33.1 Å². The fourth-order valence-corrected chi connectivity index (χ4v) is 3.88. The van der Waals surface area contributed by atoms with Crippen LogP contribution in [0.3, 0.4) is 0 Å². The molecule has 1 aliphatic carbocycles. The van der Waals surface area contributed by atoms with Gasteiger partial charge in [-0.2, -0.15) is 10.5 Å². The van der Waals surface area contributed by atoms with E-state index in [1.54, 1.807) is 7.11 Å². The predicted molar refractivity (Wildman–Crippen MR) is 116 cm³/mol. The monoisotopic (exact) mass is 450 g/mol. The molecule has 6 nitrogen and oxygen atoms in total. The van der Waals surface area contributed by atoms with Gasteiger partial charge in [-0.05, 0) is 61.3 Å². The maximum atomic E-state index is 9.68. The quantitative estimate of drug-likeness (QED) is 0.712. The van der Waals surface area contributed by atoms with E-state index in [0.717, 1.165) is 26.7 Å². The molecular formula is C22H19BrN4O2. The minimum Gasteiger partial charge on any atom is -0.493 e. The number of nitrogen functional groups attached to an aromatic ring is 1. The molecule has 0 spiro atoms. The highest BCUT2D eigenvalue weighted by molar-refractivity contribution is 9.10. The number of hydrogen-bond donors (Lipinski definition) is 1. The maximum absolute atomic E-state index is 9.68. The summed E-state index contributed by atoms with van der Waals surface area (Å²) in [6.45, 7) is 6.12. The first-order valence-electron chi connectivity index (χ1n) is 8.92. The standard InChI is InChI=1S/C22H19BrN4O2/c1-5-29-19-8-17(23)13(7-18(19)28-4)6-14-11(2)15(9-24)21-20(14)12(3)16(10-25)22(26)27-21/h6-8H,5H2,1-4H3,(H2,26,27). The number of hydrogen-bond acceptors (Lipinski definition) is 6. The summed E-state index contributed by atoms with van der Waals surface area (Å²) in [6, 6.07) is 8.05. The number of anilines is 1. The number of allylic oxidation sites excluding steroid dienone is 3. The zero-order chi connectivity index (χ0) is 21.3. The van der Waals surface area contributed by atoms with Crippen molar-refractivity contribution in [3.8, 4) is 23.6 Å². The molecule has 0 radical (unpaired) electrons. The van der Waals surface area contributed by atoms with Crippen LogP contribution < -0.4 is 15.2 Å². The molecule has 0 unspecified atom stereocenters. The first-order chi connectivity index (χ1) is 13.9. The summed E-state index contributed by atoms with van der Waals surface area (Å²) in [4.78, 5) is 4.35. The molecule has 0 saturated heterocycles. The van der Waals surface area contributed by atoms with E-state index in [9.17, 15) is 10.5 Å². The highest BCUT2D eigenvalue weighted by Crippen LogP contribution is 2.45. The number of nitrogens with zero attached hydrogens (tertiary/aromatic N) is 3. The Morgan fingerprint density at radius 2 is 1.93 bits per heavy atom. The number of fused-ring (bicyclic) bond motifs is 1. The van der Waals surface area contributed by atoms with E-state index in [4.69, 9.17) is 15.2 Å². The summed E-state index contributed by atoms with van der Waals surface area (Å²) < 4.78 is 11.9. The van der Waals surface area contributed by atoms with Crippen molar-refractivity contribution in [2.75, 3.05) is 19.5 Å². The molecule has 0 aliphatic heterocycles. The van der Waals surface area contributed by atoms with Crippen molar-refractivity contribution in [1.29, 1.82) is 10.5 Å². The van der Waals surface area contributed by atoms with Crippen molar-refractivity contribution in [3.63, 3.8) is 0 Å². The molecular weight excluding hydrogens is 432 g/mol. The summed E-state index contributed by atoms with van der Waals surface area (Å²) in [6.07, 6.45) is 1.95. The van der Waals surface area contributed by atoms with Gasteiger partial charge in [0, 0.05) is 10.0 Å². The second-order valence-corrected chi connectivity index (χ2v) is 7.31. The fourth-order valence-electron chi connectivity index (χ4n) is 3.44. The molecule has 2 aromatic rings. The van der Waals surface area contributed by atoms with Crippen LogP contribution in [0.2, 0.25) is 0 Å². The molecule has 29 heavy (non-hydrogen) atoms. The molecule has 1 aromatic carbocycles. The molecule has 1 heterocycles. The number of methoxy groups -OCH3 is 1. The van der Waals surface area contributed by atoms with Crippen molar-refractivity contribution in [3.05, 3.63) is 50.1 Å². The third kappa shape index (κ3) is 3.35. The average molecular weight is 451 g/mol. The lowest BCUT2D eigenvalue weighted by Crippen LogP contribution is -2.03. The van der Waals surface area contributed by atoms with Crippen molar-refractivity contribution in [2.24, 2.45) is 0 Å². The van der Waals surface area contributed by atoms with Gasteiger partial charge in [0.15, 0.2) is 11.5 Å². The van der Waals surface area contributed by atoms with E-state index < -0.39 is 0 Å². The first-order valence-corrected chi connectivity index (χ1v) is 9.71. The maximum Gasteiger partial charge on any atom is 0.162 e. The molecule has 146 valence electrons. The van der Waals surface area contributed by atoms with Crippen molar-refractivity contribution in [2.45, 2.75) is 20.8 Å². The Morgan fingerprint density at radius 1 is 1.21 bits per heavy atom. The van der Waals surface area contributed by atoms with Gasteiger partial charge in [0.2, 0.25) is 0 Å². The number of nitrogens with two attached hydrogens (primary N) is 1. The van der Waals surface area contributed by atoms with Crippen LogP contribution in [0.15, 0.2) is 22.2 Å². The van der Waals surface area contributed by atoms with Crippen LogP contribution in [-0.4, -0.2) is 18.7 Å². The van der Waals surface area contributed by atoms with Gasteiger partial charge in [0.1, 0.15) is 18.0 Å². The molecule has 0 bridgehead atoms. The predicted octanol–water partition coefficient (Wildman–Crippen LogP) is 4.86. The van der Waals surface area contributed by atoms with Gasteiger partial charge in [-0.3, -0.25) is 0 Å². The summed E-state index contributed by atoms with van der Waals surface area (Å²) in [5.74, 6) is 1.37. The highest BCUT2D eigenvalue weighted by atomic mass is 79.9. The van der Waals surface area contributed by atoms with Gasteiger partial charge in [-0.25, -0.2) is 4.98 Å². The smallest absolute Gasteiger partial charge is 0.162 e. The fraction of sp³-hybridized carbons (Fsp3) is 0.227. The minimum absolute atomic E-state index is 0.134. The number of nitriles is 2. The summed E-state index contributed by atoms with van der Waals surface area (Å²) >= 11 is 3.59. The number of rotatable bonds is 4. The van der Waals surface area contributed by atoms with Crippen LogP contribution in [0.4, 0.5) is 5.82 Å². The van der Waals surface area contributed by atoms with Crippen LogP contribution in [0.5, 0.6) is 11.5 Å². The molecule has 1 aliphatic rings.